The zero-order valence-electron chi connectivity index (χ0n) is 4.60. The summed E-state index contributed by atoms with van der Waals surface area (Å²) in [5.74, 6) is 0. The van der Waals surface area contributed by atoms with E-state index in [1.54, 1.807) is 0 Å². The van der Waals surface area contributed by atoms with E-state index in [-0.39, 0.29) is 0 Å². The fourth-order valence-corrected chi connectivity index (χ4v) is 7.38. The Hall–Kier alpha value is 1.34. The molecule has 0 saturated carbocycles. The molecule has 0 bridgehead atoms. The molecule has 8 heavy (non-hydrogen) atoms. The third-order valence-corrected chi connectivity index (χ3v) is 8.49. The fraction of sp³-hybridized carbons (Fsp3) is 1.00. The van der Waals surface area contributed by atoms with Crippen LogP contribution in [0.2, 0.25) is 3.93 Å². The van der Waals surface area contributed by atoms with Crippen LogP contribution in [0.1, 0.15) is 0 Å². The summed E-state index contributed by atoms with van der Waals surface area (Å²) in [5, 5.41) is 0. The maximum absolute atomic E-state index is 5.20. The first kappa shape index (κ1) is 7.44. The second-order valence-electron chi connectivity index (χ2n) is 1.75. The van der Waals surface area contributed by atoms with Crippen LogP contribution in [0.15, 0.2) is 0 Å². The van der Waals surface area contributed by atoms with Gasteiger partial charge in [-0.2, -0.15) is 0 Å². The van der Waals surface area contributed by atoms with Gasteiger partial charge in [0.2, 0.25) is 0 Å². The monoisotopic (exact) mass is 368 g/mol. The van der Waals surface area contributed by atoms with Gasteiger partial charge in [-0.05, 0) is 0 Å². The molecule has 44 valence electrons. The van der Waals surface area contributed by atoms with Crippen molar-refractivity contribution in [3.63, 3.8) is 0 Å². The van der Waals surface area contributed by atoms with Gasteiger partial charge in [-0.3, -0.25) is 0 Å². The Balaban J connectivity index is 2.06. The first-order valence-electron chi connectivity index (χ1n) is 2.69. The molecule has 1 atom stereocenters. The third-order valence-electron chi connectivity index (χ3n) is 1.12. The molecule has 2 nitrogen and oxygen atoms in total. The van der Waals surface area contributed by atoms with Crippen LogP contribution in [0.5, 0.6) is 0 Å². The molecule has 1 aliphatic heterocycles. The molecule has 1 fully saturated rings. The van der Waals surface area contributed by atoms with Crippen LogP contribution in [0.25, 0.3) is 0 Å². The van der Waals surface area contributed by atoms with Crippen LogP contribution in [0, 0.1) is 0 Å². The quantitative estimate of drug-likeness (QED) is 0.682. The first-order chi connectivity index (χ1) is 3.93. The summed E-state index contributed by atoms with van der Waals surface area (Å²) in [4.78, 5) is 0. The van der Waals surface area contributed by atoms with Gasteiger partial charge in [0, 0.05) is 0 Å². The van der Waals surface area contributed by atoms with Crippen molar-refractivity contribution >= 4 is 11.9 Å². The molecule has 1 heterocycles. The van der Waals surface area contributed by atoms with Gasteiger partial charge in [-0.25, -0.2) is 0 Å². The Labute approximate surface area is 66.6 Å². The van der Waals surface area contributed by atoms with Crippen molar-refractivity contribution < 1.29 is 31.6 Å². The van der Waals surface area contributed by atoms with Crippen molar-refractivity contribution in [3.05, 3.63) is 0 Å². The van der Waals surface area contributed by atoms with E-state index in [0.29, 0.717) is 12.9 Å². The van der Waals surface area contributed by atoms with E-state index in [0.717, 1.165) is 6.61 Å². The molecular formula is C4H7BrHgO2. The van der Waals surface area contributed by atoms with E-state index < -0.39 is 22.1 Å². The van der Waals surface area contributed by atoms with Crippen LogP contribution in [0.3, 0.4) is 0 Å². The van der Waals surface area contributed by atoms with Gasteiger partial charge in [0.25, 0.3) is 0 Å². The summed E-state index contributed by atoms with van der Waals surface area (Å²) in [5.41, 5.74) is 0. The molecule has 1 aliphatic rings. The van der Waals surface area contributed by atoms with Gasteiger partial charge >= 0.3 is 67.0 Å². The molecule has 1 saturated heterocycles. The van der Waals surface area contributed by atoms with Crippen molar-refractivity contribution in [2.24, 2.45) is 0 Å². The summed E-state index contributed by atoms with van der Waals surface area (Å²) in [6.45, 7) is 1.34. The zero-order valence-corrected chi connectivity index (χ0v) is 11.7. The van der Waals surface area contributed by atoms with Gasteiger partial charge in [0.15, 0.2) is 0 Å². The number of halogens is 1. The third kappa shape index (κ3) is 2.29. The predicted molar refractivity (Wildman–Crippen MR) is 29.4 cm³/mol. The van der Waals surface area contributed by atoms with Gasteiger partial charge in [-0.15, -0.1) is 0 Å². The molecule has 0 N–H and O–H groups in total. The molecule has 0 radical (unpaired) electrons. The fourth-order valence-electron chi connectivity index (χ4n) is 0.660. The number of rotatable bonds is 2. The molecule has 1 rings (SSSR count). The van der Waals surface area contributed by atoms with E-state index in [1.165, 1.54) is 3.93 Å². The minimum atomic E-state index is -0.613. The SMILES string of the molecule is [Br][Hg][CH2]C1COCO1. The average molecular weight is 368 g/mol. The molecule has 0 amide bonds. The molecular weight excluding hydrogens is 361 g/mol. The molecule has 4 heteroatoms. The Morgan fingerprint density at radius 3 is 3.12 bits per heavy atom. The van der Waals surface area contributed by atoms with E-state index in [9.17, 15) is 0 Å². The van der Waals surface area contributed by atoms with Gasteiger partial charge in [0.05, 0.1) is 0 Å². The Morgan fingerprint density at radius 1 is 1.75 bits per heavy atom. The van der Waals surface area contributed by atoms with Crippen molar-refractivity contribution in [1.29, 1.82) is 0 Å². The summed E-state index contributed by atoms with van der Waals surface area (Å²) >= 11 is 2.93. The summed E-state index contributed by atoms with van der Waals surface area (Å²) in [6, 6.07) is 0. The Kier molecular flexibility index (Phi) is 3.91. The first-order valence-corrected chi connectivity index (χ1v) is 18.5. The number of ether oxygens (including phenoxy) is 2. The van der Waals surface area contributed by atoms with E-state index >= 15 is 0 Å². The second kappa shape index (κ2) is 4.20. The van der Waals surface area contributed by atoms with Gasteiger partial charge in [-0.1, -0.05) is 0 Å². The normalized spacial score (nSPS) is 27.9. The molecule has 1 unspecified atom stereocenters. The Bertz CT molecular complexity index is 65.1. The summed E-state index contributed by atoms with van der Waals surface area (Å²) in [7, 11) is 0. The summed E-state index contributed by atoms with van der Waals surface area (Å²) in [6.07, 6.45) is 0.441. The topological polar surface area (TPSA) is 18.5 Å². The van der Waals surface area contributed by atoms with E-state index in [2.05, 4.69) is 11.9 Å². The van der Waals surface area contributed by atoms with E-state index in [1.807, 2.05) is 0 Å². The van der Waals surface area contributed by atoms with Crippen LogP contribution in [-0.4, -0.2) is 19.5 Å². The van der Waals surface area contributed by atoms with Gasteiger partial charge in [0.1, 0.15) is 0 Å². The average Bonchev–Trinajstić information content (AvgIpc) is 2.19. The molecule has 0 aromatic rings. The van der Waals surface area contributed by atoms with Crippen molar-refractivity contribution in [2.75, 3.05) is 13.4 Å². The van der Waals surface area contributed by atoms with E-state index in [4.69, 9.17) is 9.47 Å². The van der Waals surface area contributed by atoms with Crippen molar-refractivity contribution in [2.45, 2.75) is 10.0 Å². The second-order valence-corrected chi connectivity index (χ2v) is 12.4. The van der Waals surface area contributed by atoms with Gasteiger partial charge < -0.3 is 0 Å². The zero-order chi connectivity index (χ0) is 5.82. The maximum atomic E-state index is 5.20. The Morgan fingerprint density at radius 2 is 2.62 bits per heavy atom. The minimum absolute atomic E-state index is 0.441. The molecule has 0 spiro atoms. The van der Waals surface area contributed by atoms with Crippen LogP contribution in [0.4, 0.5) is 0 Å². The van der Waals surface area contributed by atoms with Crippen LogP contribution < -0.4 is 0 Å². The predicted octanol–water partition coefficient (Wildman–Crippen LogP) is 1.17. The van der Waals surface area contributed by atoms with Crippen LogP contribution >= 0.6 is 11.9 Å². The number of hydrogen-bond acceptors (Lipinski definition) is 2. The van der Waals surface area contributed by atoms with Crippen molar-refractivity contribution in [3.8, 4) is 0 Å². The van der Waals surface area contributed by atoms with Crippen LogP contribution in [-0.2, 0) is 31.6 Å². The summed E-state index contributed by atoms with van der Waals surface area (Å²) < 4.78 is 11.5. The number of hydrogen-bond donors (Lipinski definition) is 0. The molecule has 0 aromatic heterocycles. The molecule has 0 aromatic carbocycles. The standard InChI is InChI=1S/C4H7O2.BrH.Hg/c1-4-2-5-3-6-4;;/h4H,1-3H2;1H;/q;;+1/p-1. The molecule has 0 aliphatic carbocycles. The van der Waals surface area contributed by atoms with Crippen molar-refractivity contribution in [1.82, 2.24) is 0 Å².